The van der Waals surface area contributed by atoms with Gasteiger partial charge >= 0.3 is 0 Å². The molecule has 8 heteroatoms. The van der Waals surface area contributed by atoms with Crippen LogP contribution >= 0.6 is 11.3 Å². The van der Waals surface area contributed by atoms with Crippen molar-refractivity contribution in [1.82, 2.24) is 20.4 Å². The molecule has 5 nitrogen and oxygen atoms in total. The molecule has 1 amide bonds. The van der Waals surface area contributed by atoms with Crippen LogP contribution in [0, 0.1) is 18.6 Å². The molecule has 2 atom stereocenters. The second-order valence-electron chi connectivity index (χ2n) is 8.30. The van der Waals surface area contributed by atoms with Gasteiger partial charge in [0.1, 0.15) is 0 Å². The summed E-state index contributed by atoms with van der Waals surface area (Å²) < 4.78 is 29.2. The second kappa shape index (κ2) is 8.16. The van der Waals surface area contributed by atoms with Crippen molar-refractivity contribution in [3.8, 4) is 11.3 Å². The van der Waals surface area contributed by atoms with Gasteiger partial charge in [0.05, 0.1) is 16.8 Å². The number of carbonyl (C=O) groups excluding carboxylic acids is 1. The van der Waals surface area contributed by atoms with Gasteiger partial charge in [-0.05, 0) is 62.1 Å². The average Bonchev–Trinajstić information content (AvgIpc) is 3.29. The summed E-state index contributed by atoms with van der Waals surface area (Å²) in [4.78, 5) is 15.1. The summed E-state index contributed by atoms with van der Waals surface area (Å²) in [5.41, 5.74) is 4.03. The van der Waals surface area contributed by atoms with E-state index in [0.29, 0.717) is 17.0 Å². The molecule has 2 aromatic heterocycles. The Bertz CT molecular complexity index is 1140. The maximum absolute atomic E-state index is 13.8. The topological polar surface area (TPSA) is 59.0 Å². The molecule has 0 radical (unpaired) electrons. The van der Waals surface area contributed by atoms with E-state index in [9.17, 15) is 13.6 Å². The number of piperidine rings is 1. The highest BCUT2D eigenvalue weighted by molar-refractivity contribution is 7.14. The lowest BCUT2D eigenvalue weighted by molar-refractivity contribution is 0.0928. The van der Waals surface area contributed by atoms with Crippen LogP contribution < -0.4 is 10.6 Å². The molecule has 1 fully saturated rings. The zero-order chi connectivity index (χ0) is 21.5. The number of benzene rings is 1. The predicted molar refractivity (Wildman–Crippen MR) is 116 cm³/mol. The molecule has 0 saturated carbocycles. The van der Waals surface area contributed by atoms with Crippen LogP contribution in [0.25, 0.3) is 11.3 Å². The van der Waals surface area contributed by atoms with Crippen LogP contribution in [-0.4, -0.2) is 34.8 Å². The number of halogens is 2. The quantitative estimate of drug-likeness (QED) is 0.644. The number of nitrogens with zero attached hydrogens (tertiary/aromatic N) is 2. The van der Waals surface area contributed by atoms with Gasteiger partial charge in [0.25, 0.3) is 5.91 Å². The summed E-state index contributed by atoms with van der Waals surface area (Å²) >= 11 is 1.54. The Morgan fingerprint density at radius 3 is 3.00 bits per heavy atom. The van der Waals surface area contributed by atoms with Gasteiger partial charge in [0, 0.05) is 35.5 Å². The fourth-order valence-corrected chi connectivity index (χ4v) is 5.81. The number of nitrogens with one attached hydrogen (secondary N) is 2. The SMILES string of the molecule is Cc1cnn2c1-c1cc(C(=O)N[C@@H]3CNCC[C@H]3c3ccc(F)c(F)c3)sc1CCC2. The fourth-order valence-electron chi connectivity index (χ4n) is 4.71. The van der Waals surface area contributed by atoms with Gasteiger partial charge < -0.3 is 10.6 Å². The normalized spacial score (nSPS) is 20.6. The molecule has 5 rings (SSSR count). The van der Waals surface area contributed by atoms with E-state index in [1.807, 2.05) is 23.9 Å². The van der Waals surface area contributed by atoms with Gasteiger partial charge in [-0.2, -0.15) is 5.10 Å². The molecule has 2 aliphatic heterocycles. The number of fused-ring (bicyclic) bond motifs is 3. The molecular formula is C23H24F2N4OS. The van der Waals surface area contributed by atoms with Gasteiger partial charge in [-0.3, -0.25) is 9.48 Å². The Labute approximate surface area is 183 Å². The van der Waals surface area contributed by atoms with E-state index < -0.39 is 11.6 Å². The van der Waals surface area contributed by atoms with E-state index >= 15 is 0 Å². The smallest absolute Gasteiger partial charge is 0.261 e. The third-order valence-electron chi connectivity index (χ3n) is 6.25. The lowest BCUT2D eigenvalue weighted by atomic mass is 9.86. The first-order valence-electron chi connectivity index (χ1n) is 10.6. The first-order valence-corrected chi connectivity index (χ1v) is 11.4. The minimum atomic E-state index is -0.854. The van der Waals surface area contributed by atoms with Crippen molar-refractivity contribution in [2.24, 2.45) is 0 Å². The van der Waals surface area contributed by atoms with Crippen LogP contribution in [0.2, 0.25) is 0 Å². The van der Waals surface area contributed by atoms with Crippen molar-refractivity contribution in [2.75, 3.05) is 13.1 Å². The first kappa shape index (κ1) is 20.3. The monoisotopic (exact) mass is 442 g/mol. The Morgan fingerprint density at radius 2 is 2.16 bits per heavy atom. The molecular weight excluding hydrogens is 418 g/mol. The van der Waals surface area contributed by atoms with Crippen molar-refractivity contribution in [2.45, 2.75) is 44.7 Å². The molecule has 1 saturated heterocycles. The summed E-state index contributed by atoms with van der Waals surface area (Å²) in [5.74, 6) is -1.90. The van der Waals surface area contributed by atoms with Crippen LogP contribution in [0.15, 0.2) is 30.5 Å². The Morgan fingerprint density at radius 1 is 1.29 bits per heavy atom. The first-order chi connectivity index (χ1) is 15.0. The molecule has 3 aromatic rings. The molecule has 31 heavy (non-hydrogen) atoms. The summed E-state index contributed by atoms with van der Waals surface area (Å²) in [5, 5.41) is 10.9. The van der Waals surface area contributed by atoms with Crippen LogP contribution in [-0.2, 0) is 13.0 Å². The Kier molecular flexibility index (Phi) is 5.35. The van der Waals surface area contributed by atoms with E-state index in [0.717, 1.165) is 55.2 Å². The minimum Gasteiger partial charge on any atom is -0.347 e. The van der Waals surface area contributed by atoms with E-state index in [4.69, 9.17) is 0 Å². The van der Waals surface area contributed by atoms with E-state index in [-0.39, 0.29) is 17.9 Å². The maximum Gasteiger partial charge on any atom is 0.261 e. The molecule has 4 heterocycles. The fraction of sp³-hybridized carbons (Fsp3) is 0.391. The maximum atomic E-state index is 13.8. The van der Waals surface area contributed by atoms with Crippen LogP contribution in [0.4, 0.5) is 8.78 Å². The molecule has 0 spiro atoms. The zero-order valence-corrected chi connectivity index (χ0v) is 18.1. The summed E-state index contributed by atoms with van der Waals surface area (Å²) in [6, 6.07) is 5.81. The molecule has 2 aliphatic rings. The van der Waals surface area contributed by atoms with E-state index in [1.54, 1.807) is 6.07 Å². The largest absolute Gasteiger partial charge is 0.347 e. The molecule has 0 bridgehead atoms. The minimum absolute atomic E-state index is 0.0678. The van der Waals surface area contributed by atoms with Crippen molar-refractivity contribution >= 4 is 17.2 Å². The van der Waals surface area contributed by atoms with Gasteiger partial charge in [-0.25, -0.2) is 8.78 Å². The number of aryl methyl sites for hydroxylation is 3. The van der Waals surface area contributed by atoms with E-state index in [1.165, 1.54) is 22.3 Å². The Balaban J connectivity index is 1.40. The number of hydrogen-bond acceptors (Lipinski definition) is 4. The highest BCUT2D eigenvalue weighted by Crippen LogP contribution is 2.37. The van der Waals surface area contributed by atoms with Crippen molar-refractivity contribution in [1.29, 1.82) is 0 Å². The van der Waals surface area contributed by atoms with E-state index in [2.05, 4.69) is 15.7 Å². The molecule has 0 aliphatic carbocycles. The molecule has 2 N–H and O–H groups in total. The second-order valence-corrected chi connectivity index (χ2v) is 9.44. The van der Waals surface area contributed by atoms with Crippen molar-refractivity contribution < 1.29 is 13.6 Å². The number of amides is 1. The van der Waals surface area contributed by atoms with Gasteiger partial charge in [0.2, 0.25) is 0 Å². The van der Waals surface area contributed by atoms with Crippen molar-refractivity contribution in [3.05, 3.63) is 63.0 Å². The number of aromatic nitrogens is 2. The zero-order valence-electron chi connectivity index (χ0n) is 17.3. The highest BCUT2D eigenvalue weighted by atomic mass is 32.1. The summed E-state index contributed by atoms with van der Waals surface area (Å²) in [6.45, 7) is 4.29. The number of thiophene rings is 1. The lowest BCUT2D eigenvalue weighted by Gasteiger charge is -2.33. The van der Waals surface area contributed by atoms with Crippen LogP contribution in [0.3, 0.4) is 0 Å². The van der Waals surface area contributed by atoms with Crippen LogP contribution in [0.5, 0.6) is 0 Å². The third kappa shape index (κ3) is 3.78. The highest BCUT2D eigenvalue weighted by Gasteiger charge is 2.30. The van der Waals surface area contributed by atoms with Crippen molar-refractivity contribution in [3.63, 3.8) is 0 Å². The average molecular weight is 443 g/mol. The number of hydrogen-bond donors (Lipinski definition) is 2. The predicted octanol–water partition coefficient (Wildman–Crippen LogP) is 4.02. The molecule has 0 unspecified atom stereocenters. The summed E-state index contributed by atoms with van der Waals surface area (Å²) in [6.07, 6.45) is 4.54. The van der Waals surface area contributed by atoms with Crippen LogP contribution in [0.1, 0.15) is 44.4 Å². The summed E-state index contributed by atoms with van der Waals surface area (Å²) in [7, 11) is 0. The van der Waals surface area contributed by atoms with Gasteiger partial charge in [0.15, 0.2) is 11.6 Å². The lowest BCUT2D eigenvalue weighted by Crippen LogP contribution is -2.49. The van der Waals surface area contributed by atoms with Gasteiger partial charge in [-0.15, -0.1) is 11.3 Å². The molecule has 162 valence electrons. The number of carbonyl (C=O) groups is 1. The standard InChI is InChI=1S/C23H24F2N4OS/c1-13-11-27-29-8-2-3-20-16(22(13)29)10-21(31-20)23(30)28-19-12-26-7-6-15(19)14-4-5-17(24)18(25)9-14/h4-5,9-11,15,19,26H,2-3,6-8,12H2,1H3,(H,28,30)/t15-,19+/m0/s1. The number of rotatable bonds is 3. The Hall–Kier alpha value is -2.58. The molecule has 1 aromatic carbocycles. The van der Waals surface area contributed by atoms with Gasteiger partial charge in [-0.1, -0.05) is 6.07 Å². The third-order valence-corrected chi connectivity index (χ3v) is 7.45.